The minimum atomic E-state index is -4.38. The Balaban J connectivity index is 2.49. The Morgan fingerprint density at radius 2 is 1.95 bits per heavy atom. The summed E-state index contributed by atoms with van der Waals surface area (Å²) in [5.74, 6) is 0. The molecule has 0 aromatic heterocycles. The fourth-order valence-corrected chi connectivity index (χ4v) is 1.52. The molecule has 0 spiro atoms. The number of benzene rings is 1. The molecule has 0 atom stereocenters. The van der Waals surface area contributed by atoms with Crippen LogP contribution in [0.2, 0.25) is 5.02 Å². The molecule has 108 valence electrons. The highest BCUT2D eigenvalue weighted by Gasteiger charge is 2.30. The van der Waals surface area contributed by atoms with Gasteiger partial charge in [0.25, 0.3) is 0 Å². The lowest BCUT2D eigenvalue weighted by Gasteiger charge is -2.12. The molecule has 3 nitrogen and oxygen atoms in total. The molecule has 1 N–H and O–H groups in total. The number of halogens is 4. The van der Waals surface area contributed by atoms with Gasteiger partial charge in [-0.15, -0.1) is 0 Å². The van der Waals surface area contributed by atoms with Crippen molar-refractivity contribution in [3.63, 3.8) is 0 Å². The van der Waals surface area contributed by atoms with Crippen molar-refractivity contribution in [3.8, 4) is 0 Å². The molecule has 0 radical (unpaired) electrons. The lowest BCUT2D eigenvalue weighted by atomic mass is 10.2. The normalized spacial score (nSPS) is 11.6. The Morgan fingerprint density at radius 3 is 2.58 bits per heavy atom. The molecular weight excluding hydrogens is 283 g/mol. The third-order valence-electron chi connectivity index (χ3n) is 2.29. The fourth-order valence-electron chi connectivity index (χ4n) is 1.34. The zero-order valence-electron chi connectivity index (χ0n) is 10.4. The van der Waals surface area contributed by atoms with Crippen molar-refractivity contribution in [1.29, 1.82) is 0 Å². The molecule has 19 heavy (non-hydrogen) atoms. The van der Waals surface area contributed by atoms with Crippen LogP contribution in [0.1, 0.15) is 5.56 Å². The van der Waals surface area contributed by atoms with Crippen molar-refractivity contribution in [2.45, 2.75) is 6.18 Å². The Morgan fingerprint density at radius 1 is 1.21 bits per heavy atom. The van der Waals surface area contributed by atoms with Gasteiger partial charge in [-0.05, 0) is 18.2 Å². The summed E-state index contributed by atoms with van der Waals surface area (Å²) < 4.78 is 47.5. The van der Waals surface area contributed by atoms with E-state index in [-0.39, 0.29) is 10.7 Å². The van der Waals surface area contributed by atoms with Gasteiger partial charge in [-0.1, -0.05) is 11.6 Å². The van der Waals surface area contributed by atoms with Gasteiger partial charge < -0.3 is 14.8 Å². The third kappa shape index (κ3) is 5.67. The number of hydrogen-bond donors (Lipinski definition) is 1. The van der Waals surface area contributed by atoms with Crippen LogP contribution < -0.4 is 5.32 Å². The predicted molar refractivity (Wildman–Crippen MR) is 67.6 cm³/mol. The molecule has 7 heteroatoms. The maximum Gasteiger partial charge on any atom is 0.416 e. The summed E-state index contributed by atoms with van der Waals surface area (Å²) in [7, 11) is 1.56. The van der Waals surface area contributed by atoms with Gasteiger partial charge in [0, 0.05) is 13.7 Å². The van der Waals surface area contributed by atoms with Crippen molar-refractivity contribution < 1.29 is 22.6 Å². The summed E-state index contributed by atoms with van der Waals surface area (Å²) >= 11 is 5.82. The molecule has 1 rings (SSSR count). The molecule has 0 saturated heterocycles. The molecule has 0 amide bonds. The van der Waals surface area contributed by atoms with Crippen LogP contribution >= 0.6 is 11.6 Å². The molecule has 0 bridgehead atoms. The number of anilines is 1. The Bertz CT molecular complexity index is 399. The molecule has 0 fully saturated rings. The van der Waals surface area contributed by atoms with Gasteiger partial charge >= 0.3 is 6.18 Å². The highest BCUT2D eigenvalue weighted by Crippen LogP contribution is 2.33. The van der Waals surface area contributed by atoms with Crippen LogP contribution in [0.3, 0.4) is 0 Å². The summed E-state index contributed by atoms with van der Waals surface area (Å²) in [6.07, 6.45) is -4.38. The second kappa shape index (κ2) is 7.57. The summed E-state index contributed by atoms with van der Waals surface area (Å²) in [6, 6.07) is 3.15. The first-order chi connectivity index (χ1) is 8.95. The molecule has 0 heterocycles. The summed E-state index contributed by atoms with van der Waals surface area (Å²) in [6.45, 7) is 1.64. The van der Waals surface area contributed by atoms with Crippen molar-refractivity contribution >= 4 is 17.3 Å². The van der Waals surface area contributed by atoms with Gasteiger partial charge in [0.15, 0.2) is 0 Å². The summed E-state index contributed by atoms with van der Waals surface area (Å²) in [5, 5.41) is 3.05. The van der Waals surface area contributed by atoms with E-state index in [0.29, 0.717) is 26.4 Å². The van der Waals surface area contributed by atoms with Crippen LogP contribution in [0.5, 0.6) is 0 Å². The topological polar surface area (TPSA) is 30.5 Å². The van der Waals surface area contributed by atoms with E-state index in [1.807, 2.05) is 0 Å². The molecule has 0 saturated carbocycles. The van der Waals surface area contributed by atoms with E-state index in [9.17, 15) is 13.2 Å². The van der Waals surface area contributed by atoms with Crippen molar-refractivity contribution in [3.05, 3.63) is 28.8 Å². The zero-order valence-corrected chi connectivity index (χ0v) is 11.1. The fraction of sp³-hybridized carbons (Fsp3) is 0.500. The number of rotatable bonds is 7. The number of alkyl halides is 3. The first-order valence-corrected chi connectivity index (χ1v) is 6.00. The first kappa shape index (κ1) is 16.1. The van der Waals surface area contributed by atoms with E-state index in [1.54, 1.807) is 7.11 Å². The van der Waals surface area contributed by atoms with E-state index in [1.165, 1.54) is 6.07 Å². The van der Waals surface area contributed by atoms with E-state index in [2.05, 4.69) is 5.32 Å². The highest BCUT2D eigenvalue weighted by molar-refractivity contribution is 6.33. The maximum absolute atomic E-state index is 12.5. The van der Waals surface area contributed by atoms with Crippen LogP contribution in [0, 0.1) is 0 Å². The zero-order chi connectivity index (χ0) is 14.3. The lowest BCUT2D eigenvalue weighted by molar-refractivity contribution is -0.137. The van der Waals surface area contributed by atoms with Gasteiger partial charge in [0.2, 0.25) is 0 Å². The Kier molecular flexibility index (Phi) is 6.41. The molecule has 0 aliphatic heterocycles. The molecule has 1 aromatic rings. The van der Waals surface area contributed by atoms with Gasteiger partial charge in [-0.2, -0.15) is 13.2 Å². The van der Waals surface area contributed by atoms with E-state index >= 15 is 0 Å². The molecular formula is C12H15ClF3NO2. The second-order valence-electron chi connectivity index (χ2n) is 3.72. The van der Waals surface area contributed by atoms with Crippen molar-refractivity contribution in [2.75, 3.05) is 38.8 Å². The number of hydrogen-bond acceptors (Lipinski definition) is 3. The lowest BCUT2D eigenvalue weighted by Crippen LogP contribution is -2.13. The molecule has 0 aliphatic carbocycles. The van der Waals surface area contributed by atoms with Crippen molar-refractivity contribution in [2.24, 2.45) is 0 Å². The highest BCUT2D eigenvalue weighted by atomic mass is 35.5. The van der Waals surface area contributed by atoms with Gasteiger partial charge in [-0.3, -0.25) is 0 Å². The minimum absolute atomic E-state index is 0.241. The smallest absolute Gasteiger partial charge is 0.382 e. The van der Waals surface area contributed by atoms with E-state index in [0.717, 1.165) is 12.1 Å². The molecule has 0 unspecified atom stereocenters. The van der Waals surface area contributed by atoms with Crippen LogP contribution in [0.4, 0.5) is 18.9 Å². The molecule has 0 aliphatic rings. The summed E-state index contributed by atoms with van der Waals surface area (Å²) in [5.41, 5.74) is -0.494. The quantitative estimate of drug-likeness (QED) is 0.782. The average Bonchev–Trinajstić information content (AvgIpc) is 2.34. The van der Waals surface area contributed by atoms with Gasteiger partial charge in [0.1, 0.15) is 0 Å². The van der Waals surface area contributed by atoms with Crippen LogP contribution in [-0.4, -0.2) is 33.5 Å². The standard InChI is InChI=1S/C12H15ClF3NO2/c1-18-6-7-19-5-4-17-11-8-9(12(14,15)16)2-3-10(11)13/h2-3,8,17H,4-7H2,1H3. The van der Waals surface area contributed by atoms with Gasteiger partial charge in [0.05, 0.1) is 36.1 Å². The average molecular weight is 298 g/mol. The number of nitrogens with one attached hydrogen (secondary N) is 1. The Labute approximate surface area is 114 Å². The van der Waals surface area contributed by atoms with Crippen LogP contribution in [-0.2, 0) is 15.7 Å². The van der Waals surface area contributed by atoms with Crippen LogP contribution in [0.25, 0.3) is 0 Å². The SMILES string of the molecule is COCCOCCNc1cc(C(F)(F)F)ccc1Cl. The van der Waals surface area contributed by atoms with Crippen LogP contribution in [0.15, 0.2) is 18.2 Å². The second-order valence-corrected chi connectivity index (χ2v) is 4.13. The minimum Gasteiger partial charge on any atom is -0.382 e. The first-order valence-electron chi connectivity index (χ1n) is 5.62. The maximum atomic E-state index is 12.5. The Hall–Kier alpha value is -0.980. The largest absolute Gasteiger partial charge is 0.416 e. The van der Waals surface area contributed by atoms with Gasteiger partial charge in [-0.25, -0.2) is 0 Å². The molecule has 1 aromatic carbocycles. The van der Waals surface area contributed by atoms with E-state index in [4.69, 9.17) is 21.1 Å². The van der Waals surface area contributed by atoms with E-state index < -0.39 is 11.7 Å². The predicted octanol–water partition coefficient (Wildman–Crippen LogP) is 3.43. The van der Waals surface area contributed by atoms with Crippen molar-refractivity contribution in [1.82, 2.24) is 0 Å². The third-order valence-corrected chi connectivity index (χ3v) is 2.62. The monoisotopic (exact) mass is 297 g/mol. The summed E-state index contributed by atoms with van der Waals surface area (Å²) in [4.78, 5) is 0. The number of ether oxygens (including phenoxy) is 2. The number of methoxy groups -OCH3 is 1.